The van der Waals surface area contributed by atoms with Crippen molar-refractivity contribution in [2.24, 2.45) is 17.6 Å². The molecule has 2 atom stereocenters. The highest BCUT2D eigenvalue weighted by Gasteiger charge is 2.34. The van der Waals surface area contributed by atoms with Gasteiger partial charge in [-0.25, -0.2) is 0 Å². The molecule has 4 heteroatoms. The molecule has 2 unspecified atom stereocenters. The first-order valence-electron chi connectivity index (χ1n) is 7.54. The van der Waals surface area contributed by atoms with Crippen molar-refractivity contribution in [2.75, 3.05) is 23.7 Å². The van der Waals surface area contributed by atoms with Crippen LogP contribution in [0.25, 0.3) is 0 Å². The summed E-state index contributed by atoms with van der Waals surface area (Å²) in [5.41, 5.74) is 6.97. The van der Waals surface area contributed by atoms with Crippen molar-refractivity contribution in [2.45, 2.75) is 30.6 Å². The van der Waals surface area contributed by atoms with Crippen molar-refractivity contribution in [3.05, 3.63) is 24.3 Å². The fraction of sp³-hybridized carbons (Fsp3) is 0.562. The highest BCUT2D eigenvalue weighted by molar-refractivity contribution is 7.99. The Morgan fingerprint density at radius 2 is 2.10 bits per heavy atom. The number of nitrogens with two attached hydrogens (primary N) is 1. The zero-order valence-corrected chi connectivity index (χ0v) is 12.6. The van der Waals surface area contributed by atoms with Gasteiger partial charge in [-0.1, -0.05) is 25.0 Å². The number of fused-ring (bicyclic) bond motifs is 1. The molecule has 3 rings (SSSR count). The first-order valence-corrected chi connectivity index (χ1v) is 8.53. The van der Waals surface area contributed by atoms with Crippen LogP contribution in [0.3, 0.4) is 0 Å². The van der Waals surface area contributed by atoms with Gasteiger partial charge in [0.1, 0.15) is 0 Å². The van der Waals surface area contributed by atoms with Gasteiger partial charge >= 0.3 is 0 Å². The summed E-state index contributed by atoms with van der Waals surface area (Å²) in [7, 11) is 0. The lowest BCUT2D eigenvalue weighted by Crippen LogP contribution is -2.44. The number of carbonyl (C=O) groups is 1. The van der Waals surface area contributed by atoms with Crippen molar-refractivity contribution in [3.8, 4) is 0 Å². The molecule has 3 nitrogen and oxygen atoms in total. The SMILES string of the molecule is NCC1CCCCC1C(=O)N1CCSc2ccccc21. The molecule has 1 aromatic rings. The second-order valence-corrected chi connectivity index (χ2v) is 6.83. The second kappa shape index (κ2) is 6.19. The third-order valence-corrected chi connectivity index (χ3v) is 5.57. The van der Waals surface area contributed by atoms with Crippen LogP contribution in [-0.4, -0.2) is 24.7 Å². The van der Waals surface area contributed by atoms with Gasteiger partial charge in [0.25, 0.3) is 0 Å². The minimum atomic E-state index is 0.130. The molecule has 2 aliphatic rings. The molecule has 1 aliphatic carbocycles. The summed E-state index contributed by atoms with van der Waals surface area (Å²) in [5.74, 6) is 1.79. The van der Waals surface area contributed by atoms with E-state index in [1.807, 2.05) is 28.8 Å². The first-order chi connectivity index (χ1) is 9.81. The molecule has 1 aromatic carbocycles. The van der Waals surface area contributed by atoms with Crippen molar-refractivity contribution < 1.29 is 4.79 Å². The highest BCUT2D eigenvalue weighted by atomic mass is 32.2. The Kier molecular flexibility index (Phi) is 4.32. The normalized spacial score (nSPS) is 26.1. The topological polar surface area (TPSA) is 46.3 Å². The van der Waals surface area contributed by atoms with E-state index in [-0.39, 0.29) is 5.92 Å². The van der Waals surface area contributed by atoms with Crippen molar-refractivity contribution in [1.29, 1.82) is 0 Å². The maximum Gasteiger partial charge on any atom is 0.230 e. The summed E-state index contributed by atoms with van der Waals surface area (Å²) in [6, 6.07) is 8.25. The monoisotopic (exact) mass is 290 g/mol. The van der Waals surface area contributed by atoms with Gasteiger partial charge in [-0.3, -0.25) is 4.79 Å². The molecule has 20 heavy (non-hydrogen) atoms. The van der Waals surface area contributed by atoms with E-state index >= 15 is 0 Å². The van der Waals surface area contributed by atoms with Gasteiger partial charge in [0, 0.05) is 23.1 Å². The summed E-state index contributed by atoms with van der Waals surface area (Å²) in [4.78, 5) is 16.2. The van der Waals surface area contributed by atoms with E-state index in [1.165, 1.54) is 11.3 Å². The molecule has 0 aromatic heterocycles. The minimum Gasteiger partial charge on any atom is -0.330 e. The average Bonchev–Trinajstić information content (AvgIpc) is 2.53. The van der Waals surface area contributed by atoms with Crippen LogP contribution in [0.15, 0.2) is 29.2 Å². The van der Waals surface area contributed by atoms with E-state index in [1.54, 1.807) is 0 Å². The van der Waals surface area contributed by atoms with Gasteiger partial charge in [0.2, 0.25) is 5.91 Å². The lowest BCUT2D eigenvalue weighted by molar-refractivity contribution is -0.125. The molecule has 1 heterocycles. The van der Waals surface area contributed by atoms with Crippen LogP contribution in [0.1, 0.15) is 25.7 Å². The quantitative estimate of drug-likeness (QED) is 0.911. The number of hydrogen-bond acceptors (Lipinski definition) is 3. The van der Waals surface area contributed by atoms with Crippen LogP contribution in [0.2, 0.25) is 0 Å². The van der Waals surface area contributed by atoms with Gasteiger partial charge < -0.3 is 10.6 Å². The number of amides is 1. The highest BCUT2D eigenvalue weighted by Crippen LogP contribution is 2.38. The molecule has 0 spiro atoms. The maximum atomic E-state index is 12.9. The summed E-state index contributed by atoms with van der Waals surface area (Å²) in [5, 5.41) is 0. The van der Waals surface area contributed by atoms with Gasteiger partial charge in [0.15, 0.2) is 0 Å². The summed E-state index contributed by atoms with van der Waals surface area (Å²) >= 11 is 1.84. The molecule has 1 saturated carbocycles. The predicted molar refractivity (Wildman–Crippen MR) is 84.0 cm³/mol. The van der Waals surface area contributed by atoms with Crippen LogP contribution in [-0.2, 0) is 4.79 Å². The van der Waals surface area contributed by atoms with Gasteiger partial charge in [-0.2, -0.15) is 0 Å². The Morgan fingerprint density at radius 1 is 1.30 bits per heavy atom. The van der Waals surface area contributed by atoms with Crippen LogP contribution in [0.5, 0.6) is 0 Å². The molecule has 1 fully saturated rings. The first kappa shape index (κ1) is 14.0. The predicted octanol–water partition coefficient (Wildman–Crippen LogP) is 2.89. The molecule has 1 aliphatic heterocycles. The van der Waals surface area contributed by atoms with Gasteiger partial charge in [-0.15, -0.1) is 11.8 Å². The zero-order valence-electron chi connectivity index (χ0n) is 11.8. The van der Waals surface area contributed by atoms with Crippen LogP contribution in [0, 0.1) is 11.8 Å². The standard InChI is InChI=1S/C16H22N2OS/c17-11-12-5-1-2-6-13(12)16(19)18-9-10-20-15-8-4-3-7-14(15)18/h3-4,7-8,12-13H,1-2,5-6,9-11,17H2. The summed E-state index contributed by atoms with van der Waals surface area (Å²) < 4.78 is 0. The zero-order chi connectivity index (χ0) is 13.9. The molecule has 0 bridgehead atoms. The largest absolute Gasteiger partial charge is 0.330 e. The maximum absolute atomic E-state index is 12.9. The summed E-state index contributed by atoms with van der Waals surface area (Å²) in [6.07, 6.45) is 4.50. The van der Waals surface area contributed by atoms with Gasteiger partial charge in [-0.05, 0) is 37.4 Å². The number of rotatable bonds is 2. The molecular formula is C16H22N2OS. The lowest BCUT2D eigenvalue weighted by Gasteiger charge is -2.36. The number of para-hydroxylation sites is 1. The smallest absolute Gasteiger partial charge is 0.230 e. The van der Waals surface area contributed by atoms with Crippen molar-refractivity contribution in [3.63, 3.8) is 0 Å². The van der Waals surface area contributed by atoms with Crippen molar-refractivity contribution >= 4 is 23.4 Å². The van der Waals surface area contributed by atoms with Gasteiger partial charge in [0.05, 0.1) is 5.69 Å². The summed E-state index contributed by atoms with van der Waals surface area (Å²) in [6.45, 7) is 1.47. The molecule has 0 saturated heterocycles. The molecule has 1 amide bonds. The molecular weight excluding hydrogens is 268 g/mol. The van der Waals surface area contributed by atoms with E-state index in [0.717, 1.165) is 37.2 Å². The van der Waals surface area contributed by atoms with Crippen molar-refractivity contribution in [1.82, 2.24) is 0 Å². The number of hydrogen-bond donors (Lipinski definition) is 1. The van der Waals surface area contributed by atoms with Crippen LogP contribution < -0.4 is 10.6 Å². The van der Waals surface area contributed by atoms with Crippen LogP contribution >= 0.6 is 11.8 Å². The fourth-order valence-electron chi connectivity index (χ4n) is 3.41. The number of carbonyl (C=O) groups excluding carboxylic acids is 1. The Hall–Kier alpha value is -1.00. The lowest BCUT2D eigenvalue weighted by atomic mass is 9.78. The Balaban J connectivity index is 1.84. The second-order valence-electron chi connectivity index (χ2n) is 5.69. The van der Waals surface area contributed by atoms with E-state index in [4.69, 9.17) is 5.73 Å². The Bertz CT molecular complexity index is 491. The van der Waals surface area contributed by atoms with E-state index in [0.29, 0.717) is 18.4 Å². The third-order valence-electron chi connectivity index (χ3n) is 4.52. The van der Waals surface area contributed by atoms with Crippen LogP contribution in [0.4, 0.5) is 5.69 Å². The molecule has 108 valence electrons. The number of anilines is 1. The minimum absolute atomic E-state index is 0.130. The fourth-order valence-corrected chi connectivity index (χ4v) is 4.41. The average molecular weight is 290 g/mol. The Morgan fingerprint density at radius 3 is 2.95 bits per heavy atom. The number of benzene rings is 1. The molecule has 0 radical (unpaired) electrons. The molecule has 2 N–H and O–H groups in total. The number of nitrogens with zero attached hydrogens (tertiary/aromatic N) is 1. The van der Waals surface area contributed by atoms with E-state index in [9.17, 15) is 4.79 Å². The van der Waals surface area contributed by atoms with E-state index in [2.05, 4.69) is 12.1 Å². The van der Waals surface area contributed by atoms with E-state index < -0.39 is 0 Å². The third kappa shape index (κ3) is 2.59. The number of thioether (sulfide) groups is 1. The Labute approximate surface area is 124 Å².